The second kappa shape index (κ2) is 7.64. The zero-order chi connectivity index (χ0) is 16.0. The van der Waals surface area contributed by atoms with Crippen LogP contribution in [0, 0.1) is 17.3 Å². The minimum Gasteiger partial charge on any atom is -0.481 e. The van der Waals surface area contributed by atoms with Crippen molar-refractivity contribution in [2.24, 2.45) is 17.3 Å². The van der Waals surface area contributed by atoms with Gasteiger partial charge in [0.05, 0.1) is 5.41 Å². The number of aliphatic carboxylic acids is 1. The summed E-state index contributed by atoms with van der Waals surface area (Å²) in [5.41, 5.74) is -0.834. The van der Waals surface area contributed by atoms with Crippen LogP contribution in [0.3, 0.4) is 0 Å². The summed E-state index contributed by atoms with van der Waals surface area (Å²) in [7, 11) is 0. The maximum absolute atomic E-state index is 12.1. The second-order valence-electron chi connectivity index (χ2n) is 6.73. The highest BCUT2D eigenvalue weighted by atomic mass is 16.4. The highest BCUT2D eigenvalue weighted by Gasteiger charge is 2.42. The van der Waals surface area contributed by atoms with Gasteiger partial charge < -0.3 is 20.4 Å². The Hall–Kier alpha value is -1.30. The molecule has 1 rings (SSSR count). The van der Waals surface area contributed by atoms with Crippen LogP contribution in [0.1, 0.15) is 40.0 Å². The van der Waals surface area contributed by atoms with Gasteiger partial charge in [-0.3, -0.25) is 4.79 Å². The Bertz CT molecular complexity index is 373. The van der Waals surface area contributed by atoms with Crippen molar-refractivity contribution in [3.8, 4) is 0 Å². The highest BCUT2D eigenvalue weighted by Crippen LogP contribution is 2.30. The van der Waals surface area contributed by atoms with E-state index in [-0.39, 0.29) is 25.1 Å². The fourth-order valence-electron chi connectivity index (χ4n) is 2.80. The summed E-state index contributed by atoms with van der Waals surface area (Å²) in [5, 5.41) is 21.1. The van der Waals surface area contributed by atoms with Gasteiger partial charge in [-0.25, -0.2) is 4.79 Å². The number of carboxylic acid groups (broad SMARTS) is 1. The molecule has 2 amide bonds. The van der Waals surface area contributed by atoms with Crippen LogP contribution < -0.4 is 5.32 Å². The molecule has 2 unspecified atom stereocenters. The zero-order valence-electron chi connectivity index (χ0n) is 13.3. The molecule has 6 heteroatoms. The summed E-state index contributed by atoms with van der Waals surface area (Å²) in [5.74, 6) is -0.0799. The van der Waals surface area contributed by atoms with Crippen molar-refractivity contribution >= 4 is 12.0 Å². The van der Waals surface area contributed by atoms with Crippen LogP contribution in [-0.4, -0.2) is 53.4 Å². The number of likely N-dealkylation sites (tertiary alicyclic amines) is 1. The van der Waals surface area contributed by atoms with E-state index < -0.39 is 11.4 Å². The maximum atomic E-state index is 12.1. The number of carbonyl (C=O) groups is 2. The first-order chi connectivity index (χ1) is 9.78. The van der Waals surface area contributed by atoms with Crippen molar-refractivity contribution < 1.29 is 19.8 Å². The number of carbonyl (C=O) groups excluding carboxylic acids is 1. The Morgan fingerprint density at radius 3 is 2.52 bits per heavy atom. The van der Waals surface area contributed by atoms with E-state index in [2.05, 4.69) is 19.2 Å². The van der Waals surface area contributed by atoms with E-state index in [9.17, 15) is 14.7 Å². The second-order valence-corrected chi connectivity index (χ2v) is 6.73. The van der Waals surface area contributed by atoms with E-state index in [1.807, 2.05) is 0 Å². The molecule has 6 nitrogen and oxygen atoms in total. The number of hydrogen-bond donors (Lipinski definition) is 3. The average molecular weight is 300 g/mol. The third-order valence-electron chi connectivity index (χ3n) is 4.16. The van der Waals surface area contributed by atoms with Gasteiger partial charge in [-0.15, -0.1) is 0 Å². The van der Waals surface area contributed by atoms with Gasteiger partial charge in [0.25, 0.3) is 0 Å². The van der Waals surface area contributed by atoms with Crippen molar-refractivity contribution in [1.29, 1.82) is 0 Å². The predicted octanol–water partition coefficient (Wildman–Crippen LogP) is 1.54. The molecule has 2 atom stereocenters. The topological polar surface area (TPSA) is 89.9 Å². The van der Waals surface area contributed by atoms with E-state index in [4.69, 9.17) is 5.11 Å². The van der Waals surface area contributed by atoms with E-state index in [0.29, 0.717) is 31.8 Å². The highest BCUT2D eigenvalue weighted by molar-refractivity contribution is 5.79. The van der Waals surface area contributed by atoms with Crippen LogP contribution in [0.2, 0.25) is 0 Å². The summed E-state index contributed by atoms with van der Waals surface area (Å²) < 4.78 is 0. The lowest BCUT2D eigenvalue weighted by Crippen LogP contribution is -2.42. The average Bonchev–Trinajstić information content (AvgIpc) is 2.79. The van der Waals surface area contributed by atoms with Gasteiger partial charge >= 0.3 is 12.0 Å². The smallest absolute Gasteiger partial charge is 0.317 e. The Balaban J connectivity index is 2.45. The SMILES string of the molecule is CC(C)CC(CCO)CNC(=O)N1CCC(C)(C(=O)O)C1. The molecule has 1 aliphatic rings. The van der Waals surface area contributed by atoms with Crippen molar-refractivity contribution in [2.45, 2.75) is 40.0 Å². The first-order valence-electron chi connectivity index (χ1n) is 7.65. The lowest BCUT2D eigenvalue weighted by Gasteiger charge is -2.23. The van der Waals surface area contributed by atoms with Gasteiger partial charge in [-0.1, -0.05) is 13.8 Å². The maximum Gasteiger partial charge on any atom is 0.317 e. The number of hydrogen-bond acceptors (Lipinski definition) is 3. The van der Waals surface area contributed by atoms with Crippen molar-refractivity contribution in [3.63, 3.8) is 0 Å². The van der Waals surface area contributed by atoms with Gasteiger partial charge in [0, 0.05) is 26.2 Å². The molecule has 0 aromatic rings. The Morgan fingerprint density at radius 1 is 1.38 bits per heavy atom. The first-order valence-corrected chi connectivity index (χ1v) is 7.65. The molecule has 0 spiro atoms. The van der Waals surface area contributed by atoms with Gasteiger partial charge in [0.2, 0.25) is 0 Å². The Kier molecular flexibility index (Phi) is 6.45. The number of rotatable bonds is 7. The van der Waals surface area contributed by atoms with Crippen molar-refractivity contribution in [1.82, 2.24) is 10.2 Å². The number of nitrogens with zero attached hydrogens (tertiary/aromatic N) is 1. The van der Waals surface area contributed by atoms with Crippen LogP contribution in [0.4, 0.5) is 4.79 Å². The van der Waals surface area contributed by atoms with Crippen LogP contribution in [0.25, 0.3) is 0 Å². The van der Waals surface area contributed by atoms with E-state index in [1.165, 1.54) is 0 Å². The number of carboxylic acids is 1. The minimum atomic E-state index is -0.851. The van der Waals surface area contributed by atoms with Crippen LogP contribution in [0.15, 0.2) is 0 Å². The van der Waals surface area contributed by atoms with Gasteiger partial charge in [0.1, 0.15) is 0 Å². The molecule has 1 fully saturated rings. The monoisotopic (exact) mass is 300 g/mol. The summed E-state index contributed by atoms with van der Waals surface area (Å²) in [4.78, 5) is 24.9. The molecule has 1 heterocycles. The molecule has 0 radical (unpaired) electrons. The van der Waals surface area contributed by atoms with E-state index >= 15 is 0 Å². The lowest BCUT2D eigenvalue weighted by atomic mass is 9.90. The molecular weight excluding hydrogens is 272 g/mol. The fraction of sp³-hybridized carbons (Fsp3) is 0.867. The van der Waals surface area contributed by atoms with Crippen LogP contribution >= 0.6 is 0 Å². The van der Waals surface area contributed by atoms with E-state index in [1.54, 1.807) is 11.8 Å². The number of nitrogens with one attached hydrogen (secondary N) is 1. The molecule has 1 saturated heterocycles. The standard InChI is InChI=1S/C15H28N2O4/c1-11(2)8-12(4-7-18)9-16-14(21)17-6-5-15(3,10-17)13(19)20/h11-12,18H,4-10H2,1-3H3,(H,16,21)(H,19,20). The molecular formula is C15H28N2O4. The molecule has 122 valence electrons. The number of urea groups is 1. The normalized spacial score (nSPS) is 23.4. The largest absolute Gasteiger partial charge is 0.481 e. The number of amides is 2. The molecule has 1 aliphatic heterocycles. The van der Waals surface area contributed by atoms with Crippen molar-refractivity contribution in [2.75, 3.05) is 26.2 Å². The predicted molar refractivity (Wildman–Crippen MR) is 80.0 cm³/mol. The van der Waals surface area contributed by atoms with Gasteiger partial charge in [0.15, 0.2) is 0 Å². The molecule has 0 aromatic heterocycles. The van der Waals surface area contributed by atoms with Crippen molar-refractivity contribution in [3.05, 3.63) is 0 Å². The fourth-order valence-corrected chi connectivity index (χ4v) is 2.80. The molecule has 0 bridgehead atoms. The lowest BCUT2D eigenvalue weighted by molar-refractivity contribution is -0.147. The molecule has 0 aliphatic carbocycles. The molecule has 3 N–H and O–H groups in total. The Morgan fingerprint density at radius 2 is 2.05 bits per heavy atom. The zero-order valence-corrected chi connectivity index (χ0v) is 13.3. The van der Waals surface area contributed by atoms with Gasteiger partial charge in [-0.05, 0) is 38.0 Å². The summed E-state index contributed by atoms with van der Waals surface area (Å²) in [6, 6.07) is -0.202. The number of aliphatic hydroxyl groups excluding tert-OH is 1. The third-order valence-corrected chi connectivity index (χ3v) is 4.16. The summed E-state index contributed by atoms with van der Waals surface area (Å²) in [6.45, 7) is 7.28. The Labute approximate surface area is 126 Å². The summed E-state index contributed by atoms with van der Waals surface area (Å²) >= 11 is 0. The number of aliphatic hydroxyl groups is 1. The minimum absolute atomic E-state index is 0.119. The molecule has 0 saturated carbocycles. The molecule has 21 heavy (non-hydrogen) atoms. The van der Waals surface area contributed by atoms with Gasteiger partial charge in [-0.2, -0.15) is 0 Å². The van der Waals surface area contributed by atoms with Crippen LogP contribution in [0.5, 0.6) is 0 Å². The molecule has 0 aromatic carbocycles. The van der Waals surface area contributed by atoms with E-state index in [0.717, 1.165) is 6.42 Å². The van der Waals surface area contributed by atoms with Crippen LogP contribution in [-0.2, 0) is 4.79 Å². The summed E-state index contributed by atoms with van der Waals surface area (Å²) in [6.07, 6.45) is 2.11. The quantitative estimate of drug-likeness (QED) is 0.665. The third kappa shape index (κ3) is 5.19. The first kappa shape index (κ1) is 17.8.